The first kappa shape index (κ1) is 13.9. The normalized spacial score (nSPS) is 12.2. The van der Waals surface area contributed by atoms with Crippen molar-refractivity contribution in [1.29, 1.82) is 0 Å². The van der Waals surface area contributed by atoms with Gasteiger partial charge < -0.3 is 10.4 Å². The molecule has 0 amide bonds. The van der Waals surface area contributed by atoms with Crippen LogP contribution in [0.5, 0.6) is 5.75 Å². The SMILES string of the molecule is CCC(Nc1cc(F)ccc1Br)c1ccccc1O. The maximum Gasteiger partial charge on any atom is 0.125 e. The molecule has 4 heteroatoms. The Bertz CT molecular complexity index is 574. The topological polar surface area (TPSA) is 32.3 Å². The van der Waals surface area contributed by atoms with Crippen molar-refractivity contribution in [2.45, 2.75) is 19.4 Å². The molecule has 0 aliphatic heterocycles. The van der Waals surface area contributed by atoms with Gasteiger partial charge in [-0.2, -0.15) is 0 Å². The predicted octanol–water partition coefficient (Wildman–Crippen LogP) is 4.86. The summed E-state index contributed by atoms with van der Waals surface area (Å²) in [5, 5.41) is 13.1. The molecule has 0 saturated heterocycles. The molecule has 2 nitrogen and oxygen atoms in total. The van der Waals surface area contributed by atoms with Crippen LogP contribution in [0, 0.1) is 5.82 Å². The van der Waals surface area contributed by atoms with Crippen molar-refractivity contribution in [2.24, 2.45) is 0 Å². The number of aromatic hydroxyl groups is 1. The molecular formula is C15H15BrFNO. The summed E-state index contributed by atoms with van der Waals surface area (Å²) < 4.78 is 14.1. The van der Waals surface area contributed by atoms with E-state index in [-0.39, 0.29) is 17.6 Å². The van der Waals surface area contributed by atoms with Gasteiger partial charge in [-0.3, -0.25) is 0 Å². The molecule has 0 aromatic heterocycles. The standard InChI is InChI=1S/C15H15BrFNO/c1-2-13(11-5-3-4-6-15(11)19)18-14-9-10(17)7-8-12(14)16/h3-9,13,18-19H,2H2,1H3. The first-order valence-electron chi connectivity index (χ1n) is 6.11. The minimum absolute atomic E-state index is 0.0701. The second kappa shape index (κ2) is 6.06. The Morgan fingerprint density at radius 2 is 2.00 bits per heavy atom. The fourth-order valence-electron chi connectivity index (χ4n) is 1.98. The van der Waals surface area contributed by atoms with Crippen molar-refractivity contribution >= 4 is 21.6 Å². The summed E-state index contributed by atoms with van der Waals surface area (Å²) in [5.74, 6) is -0.0489. The summed E-state index contributed by atoms with van der Waals surface area (Å²) >= 11 is 3.39. The third-order valence-corrected chi connectivity index (χ3v) is 3.67. The zero-order chi connectivity index (χ0) is 13.8. The molecule has 0 heterocycles. The van der Waals surface area contributed by atoms with Gasteiger partial charge in [0.15, 0.2) is 0 Å². The molecule has 100 valence electrons. The summed E-state index contributed by atoms with van der Waals surface area (Å²) in [6, 6.07) is 11.6. The third-order valence-electron chi connectivity index (χ3n) is 2.98. The van der Waals surface area contributed by atoms with Crippen LogP contribution in [0.4, 0.5) is 10.1 Å². The van der Waals surface area contributed by atoms with Crippen molar-refractivity contribution < 1.29 is 9.50 Å². The first-order valence-corrected chi connectivity index (χ1v) is 6.90. The Morgan fingerprint density at radius 3 is 2.68 bits per heavy atom. The Hall–Kier alpha value is -1.55. The van der Waals surface area contributed by atoms with Crippen LogP contribution in [0.2, 0.25) is 0 Å². The number of anilines is 1. The third kappa shape index (κ3) is 3.26. The molecule has 0 aliphatic carbocycles. The van der Waals surface area contributed by atoms with Crippen LogP contribution in [0.3, 0.4) is 0 Å². The van der Waals surface area contributed by atoms with Crippen molar-refractivity contribution in [3.05, 3.63) is 58.3 Å². The maximum absolute atomic E-state index is 13.3. The highest BCUT2D eigenvalue weighted by Gasteiger charge is 2.14. The average molecular weight is 324 g/mol. The van der Waals surface area contributed by atoms with E-state index >= 15 is 0 Å². The number of hydrogen-bond donors (Lipinski definition) is 2. The number of phenols is 1. The summed E-state index contributed by atoms with van der Waals surface area (Å²) in [5.41, 5.74) is 1.48. The van der Waals surface area contributed by atoms with E-state index in [0.29, 0.717) is 5.69 Å². The molecule has 0 saturated carbocycles. The lowest BCUT2D eigenvalue weighted by molar-refractivity contribution is 0.462. The van der Waals surface area contributed by atoms with Crippen molar-refractivity contribution in [3.63, 3.8) is 0 Å². The molecule has 1 atom stereocenters. The second-order valence-corrected chi connectivity index (χ2v) is 5.14. The maximum atomic E-state index is 13.3. The summed E-state index contributed by atoms with van der Waals surface area (Å²) in [6.45, 7) is 2.01. The Morgan fingerprint density at radius 1 is 1.26 bits per heavy atom. The van der Waals surface area contributed by atoms with E-state index in [0.717, 1.165) is 16.5 Å². The fraction of sp³-hybridized carbons (Fsp3) is 0.200. The molecule has 0 spiro atoms. The van der Waals surface area contributed by atoms with E-state index in [2.05, 4.69) is 21.2 Å². The fourth-order valence-corrected chi connectivity index (χ4v) is 2.34. The zero-order valence-corrected chi connectivity index (χ0v) is 12.1. The molecule has 0 fully saturated rings. The van der Waals surface area contributed by atoms with Crippen LogP contribution in [0.25, 0.3) is 0 Å². The van der Waals surface area contributed by atoms with Gasteiger partial charge in [-0.1, -0.05) is 25.1 Å². The average Bonchev–Trinajstić information content (AvgIpc) is 2.41. The van der Waals surface area contributed by atoms with Crippen molar-refractivity contribution in [3.8, 4) is 5.75 Å². The summed E-state index contributed by atoms with van der Waals surface area (Å²) in [6.07, 6.45) is 0.778. The van der Waals surface area contributed by atoms with Crippen LogP contribution in [-0.4, -0.2) is 5.11 Å². The van der Waals surface area contributed by atoms with E-state index in [1.807, 2.05) is 19.1 Å². The van der Waals surface area contributed by atoms with Crippen LogP contribution in [0.1, 0.15) is 24.9 Å². The molecule has 2 rings (SSSR count). The Kier molecular flexibility index (Phi) is 4.43. The lowest BCUT2D eigenvalue weighted by atomic mass is 10.0. The first-order chi connectivity index (χ1) is 9.11. The Balaban J connectivity index is 2.29. The number of para-hydroxylation sites is 1. The number of rotatable bonds is 4. The smallest absolute Gasteiger partial charge is 0.125 e. The van der Waals surface area contributed by atoms with Crippen molar-refractivity contribution in [2.75, 3.05) is 5.32 Å². The molecule has 2 aromatic rings. The predicted molar refractivity (Wildman–Crippen MR) is 78.9 cm³/mol. The van der Waals surface area contributed by atoms with E-state index in [4.69, 9.17) is 0 Å². The van der Waals surface area contributed by atoms with E-state index in [1.54, 1.807) is 18.2 Å². The summed E-state index contributed by atoms with van der Waals surface area (Å²) in [4.78, 5) is 0. The number of halogens is 2. The highest BCUT2D eigenvalue weighted by molar-refractivity contribution is 9.10. The van der Waals surface area contributed by atoms with E-state index in [1.165, 1.54) is 12.1 Å². The summed E-state index contributed by atoms with van der Waals surface area (Å²) in [7, 11) is 0. The molecule has 19 heavy (non-hydrogen) atoms. The molecule has 1 unspecified atom stereocenters. The zero-order valence-electron chi connectivity index (χ0n) is 10.5. The lowest BCUT2D eigenvalue weighted by Gasteiger charge is -2.20. The van der Waals surface area contributed by atoms with E-state index < -0.39 is 0 Å². The minimum atomic E-state index is -0.294. The molecule has 2 N–H and O–H groups in total. The van der Waals surface area contributed by atoms with Gasteiger partial charge in [-0.15, -0.1) is 0 Å². The van der Waals surface area contributed by atoms with Crippen molar-refractivity contribution in [1.82, 2.24) is 0 Å². The number of nitrogens with one attached hydrogen (secondary N) is 1. The molecular weight excluding hydrogens is 309 g/mol. The van der Waals surface area contributed by atoms with Gasteiger partial charge in [0.2, 0.25) is 0 Å². The van der Waals surface area contributed by atoms with Gasteiger partial charge >= 0.3 is 0 Å². The lowest BCUT2D eigenvalue weighted by Crippen LogP contribution is -2.10. The monoisotopic (exact) mass is 323 g/mol. The second-order valence-electron chi connectivity index (χ2n) is 4.29. The van der Waals surface area contributed by atoms with E-state index in [9.17, 15) is 9.50 Å². The minimum Gasteiger partial charge on any atom is -0.508 e. The van der Waals surface area contributed by atoms with Gasteiger partial charge in [0.05, 0.1) is 11.7 Å². The van der Waals surface area contributed by atoms with Gasteiger partial charge in [0.25, 0.3) is 0 Å². The van der Waals surface area contributed by atoms with Gasteiger partial charge in [-0.05, 0) is 46.6 Å². The van der Waals surface area contributed by atoms with Gasteiger partial charge in [0.1, 0.15) is 11.6 Å². The quantitative estimate of drug-likeness (QED) is 0.842. The van der Waals surface area contributed by atoms with Crippen LogP contribution in [0.15, 0.2) is 46.9 Å². The molecule has 2 aromatic carbocycles. The number of benzene rings is 2. The van der Waals surface area contributed by atoms with Crippen LogP contribution >= 0.6 is 15.9 Å². The number of hydrogen-bond acceptors (Lipinski definition) is 2. The van der Waals surface area contributed by atoms with Crippen LogP contribution < -0.4 is 5.32 Å². The Labute approximate surface area is 120 Å². The highest BCUT2D eigenvalue weighted by atomic mass is 79.9. The highest BCUT2D eigenvalue weighted by Crippen LogP contribution is 2.32. The number of phenolic OH excluding ortho intramolecular Hbond substituents is 1. The van der Waals surface area contributed by atoms with Crippen LogP contribution in [-0.2, 0) is 0 Å². The molecule has 0 radical (unpaired) electrons. The van der Waals surface area contributed by atoms with Gasteiger partial charge in [-0.25, -0.2) is 4.39 Å². The molecule has 0 bridgehead atoms. The molecule has 0 aliphatic rings. The largest absolute Gasteiger partial charge is 0.508 e. The van der Waals surface area contributed by atoms with Gasteiger partial charge in [0, 0.05) is 10.0 Å².